The van der Waals surface area contributed by atoms with Crippen molar-refractivity contribution in [3.63, 3.8) is 0 Å². The maximum atomic E-state index is 4.47. The first-order chi connectivity index (χ1) is 8.20. The topological polar surface area (TPSA) is 29.9 Å². The van der Waals surface area contributed by atoms with Gasteiger partial charge in [-0.2, -0.15) is 5.10 Å². The van der Waals surface area contributed by atoms with Crippen LogP contribution >= 0.6 is 0 Å². The first-order valence-corrected chi connectivity index (χ1v) is 6.94. The summed E-state index contributed by atoms with van der Waals surface area (Å²) < 4.78 is 2.10. The molecule has 1 aliphatic carbocycles. The highest BCUT2D eigenvalue weighted by Gasteiger charge is 2.22. The standard InChI is InChI=1S/C14H25N3/c1-4-17-14(8-12(3)16-17)10-15-9-13-7-5-6-11(13)2/h8,11,13,15H,4-7,9-10H2,1-3H3. The van der Waals surface area contributed by atoms with Gasteiger partial charge in [-0.25, -0.2) is 0 Å². The summed E-state index contributed by atoms with van der Waals surface area (Å²) in [6, 6.07) is 2.19. The lowest BCUT2D eigenvalue weighted by Gasteiger charge is -2.16. The second-order valence-electron chi connectivity index (χ2n) is 5.39. The molecule has 3 nitrogen and oxygen atoms in total. The van der Waals surface area contributed by atoms with E-state index in [1.54, 1.807) is 0 Å². The van der Waals surface area contributed by atoms with Crippen molar-refractivity contribution >= 4 is 0 Å². The summed E-state index contributed by atoms with van der Waals surface area (Å²) >= 11 is 0. The number of nitrogens with zero attached hydrogens (tertiary/aromatic N) is 2. The first-order valence-electron chi connectivity index (χ1n) is 6.94. The number of nitrogens with one attached hydrogen (secondary N) is 1. The van der Waals surface area contributed by atoms with Crippen LogP contribution < -0.4 is 5.32 Å². The van der Waals surface area contributed by atoms with Gasteiger partial charge >= 0.3 is 0 Å². The molecule has 3 heteroatoms. The monoisotopic (exact) mass is 235 g/mol. The third-order valence-corrected chi connectivity index (χ3v) is 4.04. The van der Waals surface area contributed by atoms with Gasteiger partial charge < -0.3 is 5.32 Å². The fourth-order valence-corrected chi connectivity index (χ4v) is 2.93. The van der Waals surface area contributed by atoms with Gasteiger partial charge in [0.1, 0.15) is 0 Å². The molecule has 17 heavy (non-hydrogen) atoms. The van der Waals surface area contributed by atoms with E-state index < -0.39 is 0 Å². The van der Waals surface area contributed by atoms with Crippen molar-refractivity contribution in [3.05, 3.63) is 17.5 Å². The number of aryl methyl sites for hydroxylation is 2. The van der Waals surface area contributed by atoms with E-state index in [2.05, 4.69) is 41.9 Å². The number of rotatable bonds is 5. The Labute approximate surface area is 105 Å². The Morgan fingerprint density at radius 1 is 1.47 bits per heavy atom. The minimum absolute atomic E-state index is 0.883. The molecule has 1 heterocycles. The Kier molecular flexibility index (Phi) is 4.21. The molecule has 2 rings (SSSR count). The summed E-state index contributed by atoms with van der Waals surface area (Å²) in [5, 5.41) is 8.07. The second-order valence-corrected chi connectivity index (χ2v) is 5.39. The van der Waals surface area contributed by atoms with Gasteiger partial charge in [0.05, 0.1) is 11.4 Å². The van der Waals surface area contributed by atoms with Crippen LogP contribution in [0, 0.1) is 18.8 Å². The van der Waals surface area contributed by atoms with Crippen molar-refractivity contribution in [1.29, 1.82) is 0 Å². The lowest BCUT2D eigenvalue weighted by Crippen LogP contribution is -2.25. The Morgan fingerprint density at radius 2 is 2.29 bits per heavy atom. The Bertz CT molecular complexity index is 356. The number of hydrogen-bond acceptors (Lipinski definition) is 2. The molecule has 1 aliphatic rings. The van der Waals surface area contributed by atoms with Gasteiger partial charge in [0, 0.05) is 13.1 Å². The van der Waals surface area contributed by atoms with Gasteiger partial charge in [-0.1, -0.05) is 19.8 Å². The summed E-state index contributed by atoms with van der Waals surface area (Å²) in [7, 11) is 0. The third-order valence-electron chi connectivity index (χ3n) is 4.04. The molecule has 0 aliphatic heterocycles. The average molecular weight is 235 g/mol. The smallest absolute Gasteiger partial charge is 0.0597 e. The SMILES string of the molecule is CCn1nc(C)cc1CNCC1CCCC1C. The first kappa shape index (κ1) is 12.6. The van der Waals surface area contributed by atoms with E-state index in [1.165, 1.54) is 25.0 Å². The molecule has 0 aromatic carbocycles. The van der Waals surface area contributed by atoms with Crippen molar-refractivity contribution in [2.45, 2.75) is 53.1 Å². The Balaban J connectivity index is 1.81. The van der Waals surface area contributed by atoms with E-state index in [9.17, 15) is 0 Å². The molecule has 0 amide bonds. The van der Waals surface area contributed by atoms with Crippen LogP contribution in [-0.2, 0) is 13.1 Å². The highest BCUT2D eigenvalue weighted by atomic mass is 15.3. The summed E-state index contributed by atoms with van der Waals surface area (Å²) in [5.41, 5.74) is 2.44. The molecular formula is C14H25N3. The van der Waals surface area contributed by atoms with E-state index in [0.29, 0.717) is 0 Å². The molecule has 2 unspecified atom stereocenters. The third kappa shape index (κ3) is 3.09. The minimum Gasteiger partial charge on any atom is -0.311 e. The quantitative estimate of drug-likeness (QED) is 0.850. The van der Waals surface area contributed by atoms with Crippen LogP contribution in [0.15, 0.2) is 6.07 Å². The maximum Gasteiger partial charge on any atom is 0.0597 e. The molecule has 2 atom stereocenters. The van der Waals surface area contributed by atoms with Gasteiger partial charge in [-0.05, 0) is 44.7 Å². The van der Waals surface area contributed by atoms with Crippen LogP contribution in [0.1, 0.15) is 44.5 Å². The summed E-state index contributed by atoms with van der Waals surface area (Å²) in [6.45, 7) is 9.68. The largest absolute Gasteiger partial charge is 0.311 e. The van der Waals surface area contributed by atoms with Crippen molar-refractivity contribution in [3.8, 4) is 0 Å². The lowest BCUT2D eigenvalue weighted by molar-refractivity contribution is 0.388. The molecule has 1 fully saturated rings. The van der Waals surface area contributed by atoms with Gasteiger partial charge in [-0.3, -0.25) is 4.68 Å². The van der Waals surface area contributed by atoms with Crippen molar-refractivity contribution in [2.24, 2.45) is 11.8 Å². The van der Waals surface area contributed by atoms with Crippen molar-refractivity contribution in [1.82, 2.24) is 15.1 Å². The highest BCUT2D eigenvalue weighted by Crippen LogP contribution is 2.30. The van der Waals surface area contributed by atoms with Crippen molar-refractivity contribution < 1.29 is 0 Å². The fourth-order valence-electron chi connectivity index (χ4n) is 2.93. The van der Waals surface area contributed by atoms with Crippen LogP contribution in [0.5, 0.6) is 0 Å². The molecule has 1 saturated carbocycles. The molecule has 0 saturated heterocycles. The van der Waals surface area contributed by atoms with Gasteiger partial charge in [0.15, 0.2) is 0 Å². The Hall–Kier alpha value is -0.830. The molecular weight excluding hydrogens is 210 g/mol. The molecule has 0 radical (unpaired) electrons. The Morgan fingerprint density at radius 3 is 2.94 bits per heavy atom. The van der Waals surface area contributed by atoms with E-state index in [-0.39, 0.29) is 0 Å². The summed E-state index contributed by atoms with van der Waals surface area (Å²) in [6.07, 6.45) is 4.23. The van der Waals surface area contributed by atoms with Crippen LogP contribution in [0.3, 0.4) is 0 Å². The van der Waals surface area contributed by atoms with Crippen LogP contribution in [0.4, 0.5) is 0 Å². The maximum absolute atomic E-state index is 4.47. The van der Waals surface area contributed by atoms with Crippen LogP contribution in [-0.4, -0.2) is 16.3 Å². The summed E-state index contributed by atoms with van der Waals surface area (Å²) in [4.78, 5) is 0. The zero-order chi connectivity index (χ0) is 12.3. The van der Waals surface area contributed by atoms with E-state index in [1.807, 2.05) is 0 Å². The number of hydrogen-bond donors (Lipinski definition) is 1. The zero-order valence-corrected chi connectivity index (χ0v) is 11.4. The zero-order valence-electron chi connectivity index (χ0n) is 11.4. The normalized spacial score (nSPS) is 24.4. The molecule has 0 bridgehead atoms. The molecule has 1 aromatic rings. The summed E-state index contributed by atoms with van der Waals surface area (Å²) in [5.74, 6) is 1.79. The minimum atomic E-state index is 0.883. The highest BCUT2D eigenvalue weighted by molar-refractivity contribution is 5.08. The predicted molar refractivity (Wildman–Crippen MR) is 70.8 cm³/mol. The second kappa shape index (κ2) is 5.67. The van der Waals surface area contributed by atoms with E-state index >= 15 is 0 Å². The number of aromatic nitrogens is 2. The van der Waals surface area contributed by atoms with Gasteiger partial charge in [0.2, 0.25) is 0 Å². The molecule has 1 N–H and O–H groups in total. The van der Waals surface area contributed by atoms with Gasteiger partial charge in [0.25, 0.3) is 0 Å². The van der Waals surface area contributed by atoms with Crippen LogP contribution in [0.2, 0.25) is 0 Å². The van der Waals surface area contributed by atoms with Crippen LogP contribution in [0.25, 0.3) is 0 Å². The van der Waals surface area contributed by atoms with Crippen molar-refractivity contribution in [2.75, 3.05) is 6.54 Å². The molecule has 1 aromatic heterocycles. The molecule has 0 spiro atoms. The van der Waals surface area contributed by atoms with Gasteiger partial charge in [-0.15, -0.1) is 0 Å². The predicted octanol–water partition coefficient (Wildman–Crippen LogP) is 2.74. The lowest BCUT2D eigenvalue weighted by atomic mass is 9.98. The van der Waals surface area contributed by atoms with E-state index in [4.69, 9.17) is 0 Å². The molecule has 96 valence electrons. The fraction of sp³-hybridized carbons (Fsp3) is 0.786. The van der Waals surface area contributed by atoms with E-state index in [0.717, 1.165) is 37.2 Å². The average Bonchev–Trinajstić information content (AvgIpc) is 2.86.